The largest absolute Gasteiger partial charge is 0.508 e. The maximum atomic E-state index is 18.1. The van der Waals surface area contributed by atoms with E-state index in [1.807, 2.05) is 4.90 Å². The van der Waals surface area contributed by atoms with E-state index in [1.165, 1.54) is 64.4 Å². The molecule has 15 rings (SSSR count). The van der Waals surface area contributed by atoms with Gasteiger partial charge < -0.3 is 34.8 Å². The van der Waals surface area contributed by atoms with Crippen LogP contribution in [0.25, 0.3) is 65.9 Å². The molecule has 0 radical (unpaired) electrons. The zero-order valence-electron chi connectivity index (χ0n) is 53.5. The topological polar surface area (TPSA) is 242 Å². The summed E-state index contributed by atoms with van der Waals surface area (Å²) < 4.78 is 114. The minimum Gasteiger partial charge on any atom is -0.508 e. The number of aromatic hydroxyl groups is 2. The Bertz CT molecular complexity index is 4790. The number of carbonyl (C=O) groups is 3. The number of amides is 3. The van der Waals surface area contributed by atoms with Crippen molar-refractivity contribution in [3.05, 3.63) is 112 Å². The number of phenolic OH excluding ortho intramolecular Hbond substituents is 2. The molecule has 3 amide bonds. The molecule has 0 aliphatic carbocycles. The number of nitrogens with zero attached hydrogens (tertiary/aromatic N) is 12. The van der Waals surface area contributed by atoms with E-state index in [-0.39, 0.29) is 179 Å². The van der Waals surface area contributed by atoms with Crippen molar-refractivity contribution in [1.82, 2.24) is 59.7 Å². The minimum atomic E-state index is -1.41. The van der Waals surface area contributed by atoms with Crippen LogP contribution in [0.1, 0.15) is 98.2 Å². The summed E-state index contributed by atoms with van der Waals surface area (Å²) in [4.78, 5) is 74.4. The molecule has 6 aliphatic rings. The third-order valence-corrected chi connectivity index (χ3v) is 21.0. The predicted molar refractivity (Wildman–Crippen MR) is 343 cm³/mol. The maximum Gasteiger partial charge on any atom is 0.319 e. The maximum absolute atomic E-state index is 18.1. The molecule has 6 aliphatic heterocycles. The van der Waals surface area contributed by atoms with Gasteiger partial charge in [-0.05, 0) is 133 Å². The van der Waals surface area contributed by atoms with Crippen molar-refractivity contribution in [3.63, 3.8) is 0 Å². The number of anilines is 2. The van der Waals surface area contributed by atoms with Crippen LogP contribution in [0.3, 0.4) is 0 Å². The molecule has 0 saturated carbocycles. The van der Waals surface area contributed by atoms with Gasteiger partial charge in [0.2, 0.25) is 11.8 Å². The first-order valence-electron chi connectivity index (χ1n) is 32.3. The summed E-state index contributed by atoms with van der Waals surface area (Å²) in [6, 6.07) is 10.0. The molecule has 21 nitrogen and oxygen atoms in total. The Morgan fingerprint density at radius 3 is 2.15 bits per heavy atom. The van der Waals surface area contributed by atoms with E-state index >= 15 is 22.0 Å². The van der Waals surface area contributed by atoms with Crippen molar-refractivity contribution >= 4 is 72.7 Å². The number of aryl methyl sites for hydroxylation is 3. The average molecular weight is 1320 g/mol. The zero-order valence-corrected chi connectivity index (χ0v) is 53.5. The van der Waals surface area contributed by atoms with Crippen LogP contribution in [0, 0.1) is 34.6 Å². The Balaban J connectivity index is 0.796. The molecule has 4 aromatic carbocycles. The number of rotatable bonds is 16. The fourth-order valence-electron chi connectivity index (χ4n) is 16.3. The zero-order chi connectivity index (χ0) is 67.2. The molecule has 0 bridgehead atoms. The third-order valence-electron chi connectivity index (χ3n) is 21.0. The monoisotopic (exact) mass is 1320 g/mol. The lowest BCUT2D eigenvalue weighted by molar-refractivity contribution is -0.127. The number of halogens is 6. The average Bonchev–Trinajstić information content (AvgIpc) is 1.46. The van der Waals surface area contributed by atoms with Crippen molar-refractivity contribution in [2.75, 3.05) is 70.2 Å². The van der Waals surface area contributed by atoms with Crippen LogP contribution in [-0.2, 0) is 36.0 Å². The molecular weight excluding hydrogens is 1250 g/mol. The molecule has 9 aromatic rings. The molecule has 6 saturated heterocycles. The van der Waals surface area contributed by atoms with Gasteiger partial charge in [-0.2, -0.15) is 25.0 Å². The Labute approximate surface area is 545 Å². The number of aromatic nitrogens is 8. The first-order valence-corrected chi connectivity index (χ1v) is 32.3. The highest BCUT2D eigenvalue weighted by Crippen LogP contribution is 2.53. The highest BCUT2D eigenvalue weighted by Gasteiger charge is 2.58. The molecule has 498 valence electrons. The summed E-state index contributed by atoms with van der Waals surface area (Å²) in [6.07, 6.45) is 2.93. The van der Waals surface area contributed by atoms with Crippen LogP contribution in [-0.4, -0.2) is 166 Å². The van der Waals surface area contributed by atoms with Gasteiger partial charge in [-0.25, -0.2) is 26.3 Å². The minimum absolute atomic E-state index is 0.00496. The van der Waals surface area contributed by atoms with E-state index in [1.54, 1.807) is 52.9 Å². The number of fused-ring (bicyclic) bond motifs is 7. The number of hydrogen-bond acceptors (Lipinski definition) is 18. The van der Waals surface area contributed by atoms with Gasteiger partial charge in [-0.1, -0.05) is 19.9 Å². The van der Waals surface area contributed by atoms with E-state index < -0.39 is 75.9 Å². The van der Waals surface area contributed by atoms with Crippen molar-refractivity contribution in [2.24, 2.45) is 18.4 Å². The van der Waals surface area contributed by atoms with Gasteiger partial charge in [0, 0.05) is 89.7 Å². The Morgan fingerprint density at radius 1 is 0.771 bits per heavy atom. The van der Waals surface area contributed by atoms with Crippen LogP contribution < -0.4 is 25.0 Å². The first kappa shape index (κ1) is 62.6. The highest BCUT2D eigenvalue weighted by atomic mass is 19.2. The number of ether oxygens (including phenoxy) is 2. The number of nitrogens with one attached hydrogen (secondary N) is 2. The van der Waals surface area contributed by atoms with Crippen LogP contribution in [0.2, 0.25) is 0 Å². The number of imide groups is 1. The van der Waals surface area contributed by atoms with E-state index in [0.29, 0.717) is 53.2 Å². The van der Waals surface area contributed by atoms with E-state index in [0.717, 1.165) is 6.42 Å². The fourth-order valence-corrected chi connectivity index (χ4v) is 16.3. The van der Waals surface area contributed by atoms with Gasteiger partial charge in [-0.15, -0.1) is 0 Å². The molecule has 27 heteroatoms. The third kappa shape index (κ3) is 10.0. The Morgan fingerprint density at radius 2 is 1.43 bits per heavy atom. The van der Waals surface area contributed by atoms with Crippen molar-refractivity contribution < 1.29 is 60.4 Å². The molecule has 96 heavy (non-hydrogen) atoms. The fraction of sp³-hybridized carbons (Fsp3) is 0.420. The lowest BCUT2D eigenvalue weighted by Crippen LogP contribution is -2.44. The van der Waals surface area contributed by atoms with E-state index in [4.69, 9.17) is 19.4 Å². The van der Waals surface area contributed by atoms with Gasteiger partial charge in [0.15, 0.2) is 17.3 Å². The van der Waals surface area contributed by atoms with Gasteiger partial charge in [-0.3, -0.25) is 44.1 Å². The number of alkyl halides is 2. The van der Waals surface area contributed by atoms with Gasteiger partial charge >= 0.3 is 12.0 Å². The van der Waals surface area contributed by atoms with Crippen molar-refractivity contribution in [2.45, 2.75) is 108 Å². The lowest BCUT2D eigenvalue weighted by Gasteiger charge is -2.35. The molecule has 6 fully saturated rings. The molecular formula is C69H68F6N14O7. The van der Waals surface area contributed by atoms with E-state index in [9.17, 15) is 29.0 Å². The standard InChI is InChI=1S/C69H68F6N14O7/c1-7-39-48(72)11-10-33-16-37(90)19-43(52(33)39)56-55(75)59-46(26-77-56)61(87-29-47-62(92)83-64(94)67(47,3)30-87)82-66(80-59)96-32-69-14-12-51(89(69)28-35(71)23-69)41-21-49(73)40(8-2)53-42(41)18-38(91)20-44(53)57-54(74)58-45(25-76-57)60(78-24-36-17-50(84-86(36)6)63(93)85(4)5)81-65(79-58)95-31-68-13-9-15-88(68)27-34(70)22-68/h10-11,16-21,25-26,34-35,47,51,90-91H,7-9,12-15,22-24,27-32H2,1-6H3,(H,78,79,81)(H,83,92,94)/t34-,35-,47?,51?,67?,68+,69+/m1/s1. The quantitative estimate of drug-likeness (QED) is 0.0519. The molecule has 7 atom stereocenters. The Hall–Kier alpha value is -9.50. The summed E-state index contributed by atoms with van der Waals surface area (Å²) >= 11 is 0. The van der Waals surface area contributed by atoms with Crippen LogP contribution >= 0.6 is 0 Å². The van der Waals surface area contributed by atoms with Gasteiger partial charge in [0.25, 0.3) is 5.91 Å². The van der Waals surface area contributed by atoms with Crippen molar-refractivity contribution in [3.8, 4) is 46.0 Å². The molecule has 3 unspecified atom stereocenters. The summed E-state index contributed by atoms with van der Waals surface area (Å²) in [5, 5.41) is 34.3. The second kappa shape index (κ2) is 23.1. The number of phenols is 2. The number of benzene rings is 4. The lowest BCUT2D eigenvalue weighted by atomic mass is 9.82. The second-order valence-electron chi connectivity index (χ2n) is 27.0. The summed E-state index contributed by atoms with van der Waals surface area (Å²) in [7, 11) is 4.90. The molecule has 11 heterocycles. The van der Waals surface area contributed by atoms with Crippen LogP contribution in [0.4, 0.5) is 38.0 Å². The highest BCUT2D eigenvalue weighted by molar-refractivity contribution is 6.09. The molecule has 5 aromatic heterocycles. The predicted octanol–water partition coefficient (Wildman–Crippen LogP) is 9.89. The SMILES string of the molecule is CCc1c(F)ccc2cc(O)cc(-c3ncc4c(N5CC6C(=O)NC(=O)C6(C)C5)nc(OC[C@@]56CCC(c7cc(F)c(CC)c8c(-c9ncc%10c(NCc%11cc(C(=O)N(C)C)nn%11C)nc(OC[C@@]%11%12CCCN%11C[C@H](F)C%12)nc%10c9F)cc(O)cc78)N5C[C@H](F)C6)nc4c3F)c12. The smallest absolute Gasteiger partial charge is 0.319 e. The Kier molecular flexibility index (Phi) is 15.1. The van der Waals surface area contributed by atoms with E-state index in [2.05, 4.69) is 40.6 Å². The van der Waals surface area contributed by atoms with Gasteiger partial charge in [0.1, 0.15) is 82.7 Å². The normalized spacial score (nSPS) is 24.1. The summed E-state index contributed by atoms with van der Waals surface area (Å²) in [6.45, 7) is 5.82. The molecule has 0 spiro atoms. The number of hydrogen-bond donors (Lipinski definition) is 4. The van der Waals surface area contributed by atoms with Crippen LogP contribution in [0.5, 0.6) is 23.5 Å². The number of carbonyl (C=O) groups excluding carboxylic acids is 3. The van der Waals surface area contributed by atoms with Gasteiger partial charge in [0.05, 0.1) is 45.4 Å². The van der Waals surface area contributed by atoms with Crippen molar-refractivity contribution in [1.29, 1.82) is 0 Å². The summed E-state index contributed by atoms with van der Waals surface area (Å²) in [5.41, 5.74) is -2.23. The first-order chi connectivity index (χ1) is 46.0. The van der Waals surface area contributed by atoms with Crippen LogP contribution in [0.15, 0.2) is 60.9 Å². The molecule has 4 N–H and O–H groups in total. The number of pyridine rings is 2. The second-order valence-corrected chi connectivity index (χ2v) is 27.0. The summed E-state index contributed by atoms with van der Waals surface area (Å²) in [5.74, 6) is -5.47.